The minimum absolute atomic E-state index is 0.0750. The third-order valence-electron chi connectivity index (χ3n) is 3.22. The van der Waals surface area contributed by atoms with Gasteiger partial charge in [-0.1, -0.05) is 12.1 Å². The average Bonchev–Trinajstić information content (AvgIpc) is 2.45. The highest BCUT2D eigenvalue weighted by atomic mass is 19.1. The zero-order chi connectivity index (χ0) is 15.0. The summed E-state index contributed by atoms with van der Waals surface area (Å²) in [5.41, 5.74) is -0.635. The van der Waals surface area contributed by atoms with Crippen LogP contribution in [0.1, 0.15) is 11.7 Å². The van der Waals surface area contributed by atoms with E-state index in [9.17, 15) is 18.3 Å². The van der Waals surface area contributed by atoms with Crippen molar-refractivity contribution in [2.45, 2.75) is 12.2 Å². The van der Waals surface area contributed by atoms with Crippen LogP contribution in [-0.4, -0.2) is 17.8 Å². The highest BCUT2D eigenvalue weighted by Crippen LogP contribution is 2.35. The lowest BCUT2D eigenvalue weighted by molar-refractivity contribution is -0.0145. The molecule has 21 heavy (non-hydrogen) atoms. The van der Waals surface area contributed by atoms with E-state index < -0.39 is 35.2 Å². The van der Waals surface area contributed by atoms with Crippen molar-refractivity contribution in [2.75, 3.05) is 6.61 Å². The van der Waals surface area contributed by atoms with Crippen molar-refractivity contribution in [1.29, 1.82) is 0 Å². The Morgan fingerprint density at radius 2 is 1.67 bits per heavy atom. The number of hydrogen-bond acceptors (Lipinski definition) is 3. The summed E-state index contributed by atoms with van der Waals surface area (Å²) in [6.45, 7) is -0.0750. The van der Waals surface area contributed by atoms with Crippen molar-refractivity contribution in [3.8, 4) is 11.5 Å². The summed E-state index contributed by atoms with van der Waals surface area (Å²) in [6.07, 6.45) is -2.60. The fourth-order valence-electron chi connectivity index (χ4n) is 2.21. The topological polar surface area (TPSA) is 38.7 Å². The summed E-state index contributed by atoms with van der Waals surface area (Å²) in [4.78, 5) is 0. The molecule has 1 N–H and O–H groups in total. The van der Waals surface area contributed by atoms with Crippen LogP contribution in [0.3, 0.4) is 0 Å². The summed E-state index contributed by atoms with van der Waals surface area (Å²) in [5, 5.41) is 10.1. The molecule has 1 aliphatic rings. The Kier molecular flexibility index (Phi) is 3.47. The SMILES string of the molecule is OC(c1c(F)cc(F)cc1F)C1COc2ccccc2O1. The van der Waals surface area contributed by atoms with Gasteiger partial charge in [-0.15, -0.1) is 0 Å². The molecule has 0 fully saturated rings. The number of hydrogen-bond donors (Lipinski definition) is 1. The predicted octanol–water partition coefficient (Wildman–Crippen LogP) is 2.98. The maximum atomic E-state index is 13.7. The third-order valence-corrected chi connectivity index (χ3v) is 3.22. The van der Waals surface area contributed by atoms with Crippen LogP contribution in [-0.2, 0) is 0 Å². The van der Waals surface area contributed by atoms with E-state index in [1.807, 2.05) is 0 Å². The monoisotopic (exact) mass is 296 g/mol. The molecular weight excluding hydrogens is 285 g/mol. The number of aliphatic hydroxyl groups excluding tert-OH is 1. The molecule has 0 aliphatic carbocycles. The Labute approximate surface area is 118 Å². The molecule has 0 bridgehead atoms. The minimum atomic E-state index is -1.61. The van der Waals surface area contributed by atoms with Crippen LogP contribution in [0.5, 0.6) is 11.5 Å². The highest BCUT2D eigenvalue weighted by Gasteiger charge is 2.32. The van der Waals surface area contributed by atoms with Gasteiger partial charge in [-0.25, -0.2) is 13.2 Å². The molecule has 6 heteroatoms. The number of rotatable bonds is 2. The predicted molar refractivity (Wildman–Crippen MR) is 67.6 cm³/mol. The van der Waals surface area contributed by atoms with Crippen molar-refractivity contribution in [3.63, 3.8) is 0 Å². The molecule has 3 rings (SSSR count). The lowest BCUT2D eigenvalue weighted by Gasteiger charge is -2.30. The van der Waals surface area contributed by atoms with Crippen molar-refractivity contribution in [3.05, 3.63) is 59.4 Å². The van der Waals surface area contributed by atoms with E-state index in [1.165, 1.54) is 0 Å². The van der Waals surface area contributed by atoms with Gasteiger partial charge in [0.05, 0.1) is 5.56 Å². The fourth-order valence-corrected chi connectivity index (χ4v) is 2.21. The van der Waals surface area contributed by atoms with E-state index in [0.717, 1.165) is 0 Å². The van der Waals surface area contributed by atoms with Crippen molar-refractivity contribution < 1.29 is 27.8 Å². The zero-order valence-electron chi connectivity index (χ0n) is 10.7. The molecule has 0 amide bonds. The van der Waals surface area contributed by atoms with Gasteiger partial charge in [-0.2, -0.15) is 0 Å². The normalized spacial score (nSPS) is 18.4. The molecule has 0 spiro atoms. The van der Waals surface area contributed by atoms with Gasteiger partial charge in [0, 0.05) is 12.1 Å². The molecule has 0 saturated heterocycles. The van der Waals surface area contributed by atoms with Gasteiger partial charge in [-0.05, 0) is 12.1 Å². The second-order valence-electron chi connectivity index (χ2n) is 4.64. The van der Waals surface area contributed by atoms with Crippen molar-refractivity contribution in [1.82, 2.24) is 0 Å². The number of aliphatic hydroxyl groups is 1. The van der Waals surface area contributed by atoms with E-state index in [4.69, 9.17) is 9.47 Å². The summed E-state index contributed by atoms with van der Waals surface area (Å²) < 4.78 is 51.1. The van der Waals surface area contributed by atoms with Gasteiger partial charge < -0.3 is 14.6 Å². The van der Waals surface area contributed by atoms with Gasteiger partial charge in [0.25, 0.3) is 0 Å². The Morgan fingerprint density at radius 1 is 1.05 bits per heavy atom. The zero-order valence-corrected chi connectivity index (χ0v) is 10.7. The number of fused-ring (bicyclic) bond motifs is 1. The van der Waals surface area contributed by atoms with Gasteiger partial charge in [0.15, 0.2) is 17.6 Å². The van der Waals surface area contributed by atoms with E-state index in [2.05, 4.69) is 0 Å². The lowest BCUT2D eigenvalue weighted by atomic mass is 10.0. The highest BCUT2D eigenvalue weighted by molar-refractivity contribution is 5.41. The Hall–Kier alpha value is -2.21. The molecule has 2 unspecified atom stereocenters. The number of benzene rings is 2. The molecule has 2 aromatic rings. The van der Waals surface area contributed by atoms with E-state index in [0.29, 0.717) is 23.6 Å². The van der Waals surface area contributed by atoms with Gasteiger partial charge in [0.1, 0.15) is 30.2 Å². The quantitative estimate of drug-likeness (QED) is 0.926. The molecule has 0 saturated carbocycles. The van der Waals surface area contributed by atoms with Gasteiger partial charge in [0.2, 0.25) is 0 Å². The van der Waals surface area contributed by atoms with Crippen LogP contribution in [0.2, 0.25) is 0 Å². The standard InChI is InChI=1S/C15H11F3O3/c16-8-5-9(17)14(10(18)6-8)15(19)13-7-20-11-3-1-2-4-12(11)21-13/h1-6,13,15,19H,7H2. The van der Waals surface area contributed by atoms with E-state index in [1.54, 1.807) is 24.3 Å². The molecule has 3 nitrogen and oxygen atoms in total. The number of para-hydroxylation sites is 2. The Balaban J connectivity index is 1.89. The second-order valence-corrected chi connectivity index (χ2v) is 4.64. The van der Waals surface area contributed by atoms with Crippen LogP contribution in [0.4, 0.5) is 13.2 Å². The van der Waals surface area contributed by atoms with Crippen molar-refractivity contribution >= 4 is 0 Å². The summed E-state index contributed by atoms with van der Waals surface area (Å²) in [6, 6.07) is 7.77. The minimum Gasteiger partial charge on any atom is -0.486 e. The second kappa shape index (κ2) is 5.29. The molecular formula is C15H11F3O3. The maximum absolute atomic E-state index is 13.7. The summed E-state index contributed by atoms with van der Waals surface area (Å²) in [7, 11) is 0. The van der Waals surface area contributed by atoms with E-state index >= 15 is 0 Å². The van der Waals surface area contributed by atoms with Crippen molar-refractivity contribution in [2.24, 2.45) is 0 Å². The molecule has 2 atom stereocenters. The van der Waals surface area contributed by atoms with Crippen LogP contribution >= 0.6 is 0 Å². The molecule has 0 radical (unpaired) electrons. The first kappa shape index (κ1) is 13.8. The Morgan fingerprint density at radius 3 is 2.33 bits per heavy atom. The molecule has 1 heterocycles. The average molecular weight is 296 g/mol. The summed E-state index contributed by atoms with van der Waals surface area (Å²) >= 11 is 0. The number of halogens is 3. The van der Waals surface area contributed by atoms with E-state index in [-0.39, 0.29) is 6.61 Å². The smallest absolute Gasteiger partial charge is 0.163 e. The molecule has 2 aromatic carbocycles. The first-order valence-electron chi connectivity index (χ1n) is 6.27. The molecule has 1 aliphatic heterocycles. The van der Waals surface area contributed by atoms with Crippen LogP contribution < -0.4 is 9.47 Å². The van der Waals surface area contributed by atoms with Gasteiger partial charge >= 0.3 is 0 Å². The first-order valence-corrected chi connectivity index (χ1v) is 6.27. The van der Waals surface area contributed by atoms with Crippen LogP contribution in [0.15, 0.2) is 36.4 Å². The first-order chi connectivity index (χ1) is 10.1. The maximum Gasteiger partial charge on any atom is 0.163 e. The Bertz CT molecular complexity index is 652. The molecule has 0 aromatic heterocycles. The van der Waals surface area contributed by atoms with Crippen LogP contribution in [0.25, 0.3) is 0 Å². The lowest BCUT2D eigenvalue weighted by Crippen LogP contribution is -2.35. The largest absolute Gasteiger partial charge is 0.486 e. The molecule has 110 valence electrons. The number of ether oxygens (including phenoxy) is 2. The van der Waals surface area contributed by atoms with Gasteiger partial charge in [-0.3, -0.25) is 0 Å². The third kappa shape index (κ3) is 2.54. The fraction of sp³-hybridized carbons (Fsp3) is 0.200. The van der Waals surface area contributed by atoms with Crippen LogP contribution in [0, 0.1) is 17.5 Å². The summed E-state index contributed by atoms with van der Waals surface area (Å²) in [5.74, 6) is -2.52.